The lowest BCUT2D eigenvalue weighted by molar-refractivity contribution is -0.152. The minimum atomic E-state index is -1.02. The molecule has 1 aliphatic heterocycles. The van der Waals surface area contributed by atoms with Gasteiger partial charge in [0.15, 0.2) is 5.54 Å². The van der Waals surface area contributed by atoms with Gasteiger partial charge < -0.3 is 9.30 Å². The number of hydrogen-bond donors (Lipinski definition) is 0. The second kappa shape index (κ2) is 6.89. The first-order valence-corrected chi connectivity index (χ1v) is 8.76. The summed E-state index contributed by atoms with van der Waals surface area (Å²) in [5.74, 6) is 0.131. The molecule has 2 aromatic rings. The molecule has 5 nitrogen and oxygen atoms in total. The Labute approximate surface area is 152 Å². The lowest BCUT2D eigenvalue weighted by Gasteiger charge is -2.30. The maximum atomic E-state index is 13.1. The van der Waals surface area contributed by atoms with E-state index in [4.69, 9.17) is 21.6 Å². The highest BCUT2D eigenvalue weighted by atomic mass is 35.5. The smallest absolute Gasteiger partial charge is 0.337 e. The molecule has 0 amide bonds. The summed E-state index contributed by atoms with van der Waals surface area (Å²) in [6.45, 7) is 4.55. The van der Waals surface area contributed by atoms with Crippen molar-refractivity contribution < 1.29 is 9.53 Å². The highest BCUT2D eigenvalue weighted by molar-refractivity contribution is 6.31. The van der Waals surface area contributed by atoms with Crippen LogP contribution >= 0.6 is 11.6 Å². The van der Waals surface area contributed by atoms with Crippen LogP contribution in [0.2, 0.25) is 5.02 Å². The van der Waals surface area contributed by atoms with Crippen LogP contribution in [-0.4, -0.2) is 22.1 Å². The molecule has 0 radical (unpaired) electrons. The van der Waals surface area contributed by atoms with E-state index in [1.807, 2.05) is 4.57 Å². The fourth-order valence-electron chi connectivity index (χ4n) is 3.28. The minimum Gasteiger partial charge on any atom is -0.464 e. The normalized spacial score (nSPS) is 18.8. The number of imidazole rings is 1. The van der Waals surface area contributed by atoms with Crippen molar-refractivity contribution in [1.82, 2.24) is 9.55 Å². The first kappa shape index (κ1) is 17.5. The number of fused-ring (bicyclic) bond motifs is 1. The van der Waals surface area contributed by atoms with Crippen LogP contribution in [0.15, 0.2) is 30.7 Å². The summed E-state index contributed by atoms with van der Waals surface area (Å²) in [5.41, 5.74) is 1.06. The molecule has 0 spiro atoms. The van der Waals surface area contributed by atoms with Gasteiger partial charge in [0.25, 0.3) is 0 Å². The fourth-order valence-corrected chi connectivity index (χ4v) is 3.62. The Morgan fingerprint density at radius 2 is 2.32 bits per heavy atom. The van der Waals surface area contributed by atoms with E-state index in [9.17, 15) is 4.79 Å². The predicted molar refractivity (Wildman–Crippen MR) is 94.2 cm³/mol. The Morgan fingerprint density at radius 1 is 1.52 bits per heavy atom. The third-order valence-electron chi connectivity index (χ3n) is 4.68. The van der Waals surface area contributed by atoms with Crippen LogP contribution in [0.5, 0.6) is 0 Å². The molecule has 0 fully saturated rings. The van der Waals surface area contributed by atoms with Crippen molar-refractivity contribution in [2.45, 2.75) is 38.6 Å². The first-order valence-electron chi connectivity index (χ1n) is 8.38. The van der Waals surface area contributed by atoms with Gasteiger partial charge in [-0.1, -0.05) is 31.5 Å². The summed E-state index contributed by atoms with van der Waals surface area (Å²) < 4.78 is 7.48. The zero-order valence-corrected chi connectivity index (χ0v) is 15.1. The number of carbonyl (C=O) groups excluding carboxylic acids is 1. The topological polar surface area (TPSA) is 67.9 Å². The molecule has 130 valence electrons. The van der Waals surface area contributed by atoms with Crippen LogP contribution in [0.3, 0.4) is 0 Å². The van der Waals surface area contributed by atoms with Crippen molar-refractivity contribution in [1.29, 1.82) is 5.26 Å². The zero-order valence-electron chi connectivity index (χ0n) is 14.3. The molecule has 0 aliphatic carbocycles. The zero-order chi connectivity index (χ0) is 18.0. The monoisotopic (exact) mass is 357 g/mol. The molecule has 1 aliphatic rings. The van der Waals surface area contributed by atoms with E-state index < -0.39 is 5.54 Å². The molecule has 1 aromatic heterocycles. The van der Waals surface area contributed by atoms with E-state index in [1.54, 1.807) is 30.7 Å². The molecule has 2 heterocycles. The van der Waals surface area contributed by atoms with Gasteiger partial charge in [-0.15, -0.1) is 0 Å². The van der Waals surface area contributed by atoms with Gasteiger partial charge in [0.2, 0.25) is 0 Å². The molecule has 1 unspecified atom stereocenters. The molecule has 1 atom stereocenters. The standard InChI is InChI=1S/C19H20ClN3O2/c1-13(2)6-8-25-18(24)19(7-5-15-11-22-12-23(15)19)16-4-3-14(10-21)9-17(16)20/h3-4,9,11-13H,5-8H2,1-2H3. The summed E-state index contributed by atoms with van der Waals surface area (Å²) >= 11 is 6.45. The van der Waals surface area contributed by atoms with E-state index >= 15 is 0 Å². The summed E-state index contributed by atoms with van der Waals surface area (Å²) in [6.07, 6.45) is 5.51. The number of halogens is 1. The van der Waals surface area contributed by atoms with Gasteiger partial charge in [0, 0.05) is 22.5 Å². The quantitative estimate of drug-likeness (QED) is 0.765. The van der Waals surface area contributed by atoms with E-state index in [1.165, 1.54) is 0 Å². The van der Waals surface area contributed by atoms with Gasteiger partial charge in [-0.3, -0.25) is 0 Å². The number of aryl methyl sites for hydroxylation is 1. The van der Waals surface area contributed by atoms with Crippen LogP contribution in [-0.2, 0) is 21.5 Å². The van der Waals surface area contributed by atoms with E-state index in [0.29, 0.717) is 35.1 Å². The fraction of sp³-hybridized carbons (Fsp3) is 0.421. The number of nitriles is 1. The number of ether oxygens (including phenoxy) is 1. The maximum Gasteiger partial charge on any atom is 0.337 e. The number of esters is 1. The average Bonchev–Trinajstić information content (AvgIpc) is 3.17. The van der Waals surface area contributed by atoms with Crippen molar-refractivity contribution in [3.63, 3.8) is 0 Å². The van der Waals surface area contributed by atoms with Crippen molar-refractivity contribution in [2.24, 2.45) is 5.92 Å². The molecular formula is C19H20ClN3O2. The van der Waals surface area contributed by atoms with Gasteiger partial charge in [0.1, 0.15) is 0 Å². The molecule has 0 saturated carbocycles. The predicted octanol–water partition coefficient (Wildman–Crippen LogP) is 3.69. The van der Waals surface area contributed by atoms with Crippen LogP contribution in [0.1, 0.15) is 43.5 Å². The Bertz CT molecular complexity index is 837. The first-order chi connectivity index (χ1) is 12.0. The molecular weight excluding hydrogens is 338 g/mol. The lowest BCUT2D eigenvalue weighted by atomic mass is 9.87. The second-order valence-electron chi connectivity index (χ2n) is 6.74. The van der Waals surface area contributed by atoms with Gasteiger partial charge in [-0.25, -0.2) is 9.78 Å². The third-order valence-corrected chi connectivity index (χ3v) is 4.99. The SMILES string of the molecule is CC(C)CCOC(=O)C1(c2ccc(C#N)cc2Cl)CCc2cncn21. The van der Waals surface area contributed by atoms with Gasteiger partial charge in [-0.2, -0.15) is 5.26 Å². The van der Waals surface area contributed by atoms with Crippen molar-refractivity contribution in [3.8, 4) is 6.07 Å². The summed E-state index contributed by atoms with van der Waals surface area (Å²) in [7, 11) is 0. The Kier molecular flexibility index (Phi) is 4.82. The number of hydrogen-bond acceptors (Lipinski definition) is 4. The van der Waals surface area contributed by atoms with Crippen LogP contribution in [0.4, 0.5) is 0 Å². The largest absolute Gasteiger partial charge is 0.464 e. The second-order valence-corrected chi connectivity index (χ2v) is 7.15. The molecule has 0 bridgehead atoms. The molecule has 0 N–H and O–H groups in total. The van der Waals surface area contributed by atoms with Gasteiger partial charge >= 0.3 is 5.97 Å². The number of aromatic nitrogens is 2. The van der Waals surface area contributed by atoms with Gasteiger partial charge in [0.05, 0.1) is 24.6 Å². The lowest BCUT2D eigenvalue weighted by Crippen LogP contribution is -2.42. The van der Waals surface area contributed by atoms with E-state index in [-0.39, 0.29) is 5.97 Å². The number of benzene rings is 1. The molecule has 25 heavy (non-hydrogen) atoms. The van der Waals surface area contributed by atoms with Crippen LogP contribution in [0.25, 0.3) is 0 Å². The van der Waals surface area contributed by atoms with E-state index in [2.05, 4.69) is 24.9 Å². The van der Waals surface area contributed by atoms with Crippen LogP contribution in [0, 0.1) is 17.2 Å². The number of carbonyl (C=O) groups is 1. The summed E-state index contributed by atoms with van der Waals surface area (Å²) in [4.78, 5) is 17.3. The number of rotatable bonds is 5. The van der Waals surface area contributed by atoms with Crippen molar-refractivity contribution in [3.05, 3.63) is 52.6 Å². The Balaban J connectivity index is 2.03. The van der Waals surface area contributed by atoms with Crippen LogP contribution < -0.4 is 0 Å². The highest BCUT2D eigenvalue weighted by Gasteiger charge is 2.49. The average molecular weight is 358 g/mol. The Morgan fingerprint density at radius 3 is 3.00 bits per heavy atom. The molecule has 0 saturated heterocycles. The Hall–Kier alpha value is -2.32. The molecule has 6 heteroatoms. The van der Waals surface area contributed by atoms with E-state index in [0.717, 1.165) is 18.5 Å². The van der Waals surface area contributed by atoms with Gasteiger partial charge in [-0.05, 0) is 37.3 Å². The summed E-state index contributed by atoms with van der Waals surface area (Å²) in [6, 6.07) is 7.09. The highest BCUT2D eigenvalue weighted by Crippen LogP contribution is 2.42. The summed E-state index contributed by atoms with van der Waals surface area (Å²) in [5, 5.41) is 9.46. The maximum absolute atomic E-state index is 13.1. The number of nitrogens with zero attached hydrogens (tertiary/aromatic N) is 3. The minimum absolute atomic E-state index is 0.323. The molecule has 3 rings (SSSR count). The van der Waals surface area contributed by atoms with Crippen molar-refractivity contribution >= 4 is 17.6 Å². The van der Waals surface area contributed by atoms with Crippen molar-refractivity contribution in [2.75, 3.05) is 6.61 Å². The molecule has 1 aromatic carbocycles. The third kappa shape index (κ3) is 3.03.